The van der Waals surface area contributed by atoms with E-state index in [1.165, 1.54) is 16.2 Å². The van der Waals surface area contributed by atoms with Crippen LogP contribution in [0.3, 0.4) is 0 Å². The van der Waals surface area contributed by atoms with Gasteiger partial charge in [-0.05, 0) is 19.4 Å². The van der Waals surface area contributed by atoms with Crippen LogP contribution >= 0.6 is 11.3 Å². The highest BCUT2D eigenvalue weighted by molar-refractivity contribution is 7.20. The molecule has 0 radical (unpaired) electrons. The van der Waals surface area contributed by atoms with Crippen LogP contribution in [-0.4, -0.2) is 33.1 Å². The number of carbonyl (C=O) groups is 1. The van der Waals surface area contributed by atoms with Gasteiger partial charge in [0.2, 0.25) is 0 Å². The molecule has 0 aliphatic rings. The smallest absolute Gasteiger partial charge is 0.268 e. The predicted molar refractivity (Wildman–Crippen MR) is 81.0 cm³/mol. The third kappa shape index (κ3) is 2.13. The maximum atomic E-state index is 12.6. The van der Waals surface area contributed by atoms with E-state index in [0.29, 0.717) is 32.2 Å². The molecule has 2 N–H and O–H groups in total. The Bertz CT molecular complexity index is 878. The SMILES string of the molecule is Cc1nc2sc(C(=O)N(C)c3cn[nH]c3)c(C)c2c(=O)[nH]1. The number of H-pyrrole nitrogens is 2. The van der Waals surface area contributed by atoms with Gasteiger partial charge in [0.1, 0.15) is 10.7 Å². The largest absolute Gasteiger partial charge is 0.310 e. The van der Waals surface area contributed by atoms with Crippen molar-refractivity contribution in [3.05, 3.63) is 39.0 Å². The maximum absolute atomic E-state index is 12.6. The molecule has 3 heterocycles. The van der Waals surface area contributed by atoms with E-state index in [2.05, 4.69) is 20.2 Å². The molecular formula is C13H13N5O2S. The summed E-state index contributed by atoms with van der Waals surface area (Å²) in [6.07, 6.45) is 3.20. The highest BCUT2D eigenvalue weighted by atomic mass is 32.1. The van der Waals surface area contributed by atoms with Crippen molar-refractivity contribution in [2.75, 3.05) is 11.9 Å². The third-order valence-corrected chi connectivity index (χ3v) is 4.46. The number of fused-ring (bicyclic) bond motifs is 1. The molecule has 0 aromatic carbocycles. The van der Waals surface area contributed by atoms with Crippen LogP contribution in [0.5, 0.6) is 0 Å². The first-order valence-corrected chi connectivity index (χ1v) is 7.07. The van der Waals surface area contributed by atoms with E-state index in [-0.39, 0.29) is 11.5 Å². The lowest BCUT2D eigenvalue weighted by Crippen LogP contribution is -2.25. The van der Waals surface area contributed by atoms with Crippen LogP contribution < -0.4 is 10.5 Å². The van der Waals surface area contributed by atoms with Crippen LogP contribution in [0.25, 0.3) is 10.2 Å². The van der Waals surface area contributed by atoms with Crippen LogP contribution in [0.4, 0.5) is 5.69 Å². The van der Waals surface area contributed by atoms with Gasteiger partial charge in [-0.15, -0.1) is 11.3 Å². The molecule has 0 atom stereocenters. The first kappa shape index (κ1) is 13.5. The van der Waals surface area contributed by atoms with Crippen molar-refractivity contribution >= 4 is 33.1 Å². The Balaban J connectivity index is 2.13. The normalized spacial score (nSPS) is 11.0. The summed E-state index contributed by atoms with van der Waals surface area (Å²) < 4.78 is 0. The number of amides is 1. The standard InChI is InChI=1S/C13H13N5O2S/c1-6-9-11(19)16-7(2)17-12(9)21-10(6)13(20)18(3)8-4-14-15-5-8/h4-5H,1-3H3,(H,14,15)(H,16,17,19). The molecule has 0 fully saturated rings. The minimum absolute atomic E-state index is 0.186. The summed E-state index contributed by atoms with van der Waals surface area (Å²) in [5.41, 5.74) is 1.11. The molecule has 0 saturated heterocycles. The molecule has 3 aromatic rings. The van der Waals surface area contributed by atoms with Gasteiger partial charge < -0.3 is 9.88 Å². The Morgan fingerprint density at radius 1 is 1.38 bits per heavy atom. The minimum atomic E-state index is -0.212. The average molecular weight is 303 g/mol. The molecule has 0 saturated carbocycles. The van der Waals surface area contributed by atoms with Crippen LogP contribution in [-0.2, 0) is 0 Å². The van der Waals surface area contributed by atoms with E-state index >= 15 is 0 Å². The van der Waals surface area contributed by atoms with Crippen molar-refractivity contribution in [1.29, 1.82) is 0 Å². The number of carbonyl (C=O) groups excluding carboxylic acids is 1. The van der Waals surface area contributed by atoms with E-state index in [1.54, 1.807) is 33.3 Å². The highest BCUT2D eigenvalue weighted by Gasteiger charge is 2.22. The van der Waals surface area contributed by atoms with Gasteiger partial charge >= 0.3 is 0 Å². The number of hydrogen-bond donors (Lipinski definition) is 2. The van der Waals surface area contributed by atoms with Gasteiger partial charge in [-0.2, -0.15) is 5.10 Å². The fourth-order valence-electron chi connectivity index (χ4n) is 2.15. The van der Waals surface area contributed by atoms with Crippen LogP contribution in [0.15, 0.2) is 17.2 Å². The number of anilines is 1. The van der Waals surface area contributed by atoms with Gasteiger partial charge in [0.25, 0.3) is 11.5 Å². The number of thiophene rings is 1. The van der Waals surface area contributed by atoms with Crippen molar-refractivity contribution in [2.45, 2.75) is 13.8 Å². The first-order chi connectivity index (χ1) is 9.99. The van der Waals surface area contributed by atoms with Crippen LogP contribution in [0, 0.1) is 13.8 Å². The Morgan fingerprint density at radius 2 is 2.14 bits per heavy atom. The summed E-state index contributed by atoms with van der Waals surface area (Å²) in [6, 6.07) is 0. The Morgan fingerprint density at radius 3 is 2.81 bits per heavy atom. The number of hydrogen-bond acceptors (Lipinski definition) is 5. The summed E-state index contributed by atoms with van der Waals surface area (Å²) in [5, 5.41) is 6.98. The summed E-state index contributed by atoms with van der Waals surface area (Å²) in [4.78, 5) is 34.2. The monoisotopic (exact) mass is 303 g/mol. The topological polar surface area (TPSA) is 94.7 Å². The molecule has 3 aromatic heterocycles. The number of aryl methyl sites for hydroxylation is 2. The van der Waals surface area contributed by atoms with Crippen molar-refractivity contribution in [2.24, 2.45) is 0 Å². The van der Waals surface area contributed by atoms with Crippen molar-refractivity contribution in [3.63, 3.8) is 0 Å². The Kier molecular flexibility index (Phi) is 3.09. The second-order valence-electron chi connectivity index (χ2n) is 4.71. The Hall–Kier alpha value is -2.48. The summed E-state index contributed by atoms with van der Waals surface area (Å²) in [7, 11) is 1.67. The van der Waals surface area contributed by atoms with Crippen molar-refractivity contribution in [3.8, 4) is 0 Å². The van der Waals surface area contributed by atoms with Crippen LogP contribution in [0.2, 0.25) is 0 Å². The fourth-order valence-corrected chi connectivity index (χ4v) is 3.36. The van der Waals surface area contributed by atoms with Gasteiger partial charge in [-0.1, -0.05) is 0 Å². The van der Waals surface area contributed by atoms with Gasteiger partial charge in [-0.3, -0.25) is 14.7 Å². The lowest BCUT2D eigenvalue weighted by atomic mass is 10.2. The summed E-state index contributed by atoms with van der Waals surface area (Å²) in [6.45, 7) is 3.48. The van der Waals surface area contributed by atoms with Gasteiger partial charge in [0.15, 0.2) is 0 Å². The van der Waals surface area contributed by atoms with Crippen LogP contribution in [0.1, 0.15) is 21.1 Å². The number of nitrogens with zero attached hydrogens (tertiary/aromatic N) is 3. The zero-order valence-electron chi connectivity index (χ0n) is 11.7. The van der Waals surface area contributed by atoms with Gasteiger partial charge in [0.05, 0.1) is 22.1 Å². The number of nitrogens with one attached hydrogen (secondary N) is 2. The fraction of sp³-hybridized carbons (Fsp3) is 0.231. The molecule has 0 bridgehead atoms. The first-order valence-electron chi connectivity index (χ1n) is 6.26. The van der Waals surface area contributed by atoms with E-state index in [0.717, 1.165) is 0 Å². The van der Waals surface area contributed by atoms with Crippen molar-refractivity contribution < 1.29 is 4.79 Å². The van der Waals surface area contributed by atoms with E-state index in [9.17, 15) is 9.59 Å². The molecule has 108 valence electrons. The molecule has 0 aliphatic carbocycles. The lowest BCUT2D eigenvalue weighted by molar-refractivity contribution is 0.0996. The predicted octanol–water partition coefficient (Wildman–Crippen LogP) is 1.60. The number of aromatic amines is 2. The summed E-state index contributed by atoms with van der Waals surface area (Å²) >= 11 is 1.23. The van der Waals surface area contributed by atoms with E-state index in [4.69, 9.17) is 0 Å². The lowest BCUT2D eigenvalue weighted by Gasteiger charge is -2.13. The minimum Gasteiger partial charge on any atom is -0.310 e. The molecule has 21 heavy (non-hydrogen) atoms. The highest BCUT2D eigenvalue weighted by Crippen LogP contribution is 2.28. The molecular weight excluding hydrogens is 290 g/mol. The van der Waals surface area contributed by atoms with E-state index < -0.39 is 0 Å². The number of rotatable bonds is 2. The summed E-state index contributed by atoms with van der Waals surface area (Å²) in [5.74, 6) is 0.352. The molecule has 0 spiro atoms. The maximum Gasteiger partial charge on any atom is 0.268 e. The molecule has 0 aliphatic heterocycles. The second-order valence-corrected chi connectivity index (χ2v) is 5.71. The zero-order chi connectivity index (χ0) is 15.1. The second kappa shape index (κ2) is 4.81. The molecule has 8 heteroatoms. The molecule has 7 nitrogen and oxygen atoms in total. The molecule has 3 rings (SSSR count). The zero-order valence-corrected chi connectivity index (χ0v) is 12.5. The van der Waals surface area contributed by atoms with Gasteiger partial charge in [-0.25, -0.2) is 4.98 Å². The quantitative estimate of drug-likeness (QED) is 0.751. The van der Waals surface area contributed by atoms with Gasteiger partial charge in [0, 0.05) is 13.2 Å². The number of aromatic nitrogens is 4. The Labute approximate surface area is 123 Å². The average Bonchev–Trinajstić information content (AvgIpc) is 3.05. The molecule has 0 unspecified atom stereocenters. The van der Waals surface area contributed by atoms with E-state index in [1.807, 2.05) is 0 Å². The molecule has 1 amide bonds. The third-order valence-electron chi connectivity index (χ3n) is 3.29. The van der Waals surface area contributed by atoms with Crippen molar-refractivity contribution in [1.82, 2.24) is 20.2 Å².